The minimum atomic E-state index is -0.435. The van der Waals surface area contributed by atoms with E-state index in [2.05, 4.69) is 5.32 Å². The van der Waals surface area contributed by atoms with E-state index in [9.17, 15) is 9.59 Å². The molecule has 5 heteroatoms. The summed E-state index contributed by atoms with van der Waals surface area (Å²) in [4.78, 5) is 24.6. The Kier molecular flexibility index (Phi) is 5.57. The summed E-state index contributed by atoms with van der Waals surface area (Å²) in [5, 5.41) is 2.77. The molecule has 0 aliphatic carbocycles. The third kappa shape index (κ3) is 4.00. The predicted molar refractivity (Wildman–Crippen MR) is 87.8 cm³/mol. The van der Waals surface area contributed by atoms with E-state index in [0.29, 0.717) is 29.2 Å². The molecule has 1 aromatic heterocycles. The average molecular weight is 315 g/mol. The van der Waals surface area contributed by atoms with Crippen LogP contribution in [0.5, 0.6) is 0 Å². The maximum atomic E-state index is 12.4. The number of furan rings is 1. The lowest BCUT2D eigenvalue weighted by Gasteiger charge is -2.11. The molecule has 0 atom stereocenters. The highest BCUT2D eigenvalue weighted by Crippen LogP contribution is 2.21. The third-order valence-electron chi connectivity index (χ3n) is 3.51. The molecule has 0 bridgehead atoms. The van der Waals surface area contributed by atoms with Crippen LogP contribution in [0.15, 0.2) is 34.9 Å². The molecule has 0 saturated heterocycles. The normalized spacial score (nSPS) is 10.4. The number of nitrogens with one attached hydrogen (secondary N) is 1. The Morgan fingerprint density at radius 3 is 2.61 bits per heavy atom. The highest BCUT2D eigenvalue weighted by atomic mass is 16.5. The molecule has 0 radical (unpaired) electrons. The third-order valence-corrected chi connectivity index (χ3v) is 3.51. The Morgan fingerprint density at radius 2 is 1.96 bits per heavy atom. The molecule has 122 valence electrons. The van der Waals surface area contributed by atoms with Gasteiger partial charge in [-0.3, -0.25) is 4.79 Å². The van der Waals surface area contributed by atoms with Gasteiger partial charge in [0.25, 0.3) is 5.91 Å². The number of anilines is 1. The van der Waals surface area contributed by atoms with Crippen molar-refractivity contribution in [3.8, 4) is 0 Å². The fraction of sp³-hybridized carbons (Fsp3) is 0.333. The zero-order valence-electron chi connectivity index (χ0n) is 13.6. The van der Waals surface area contributed by atoms with Crippen molar-refractivity contribution in [2.24, 2.45) is 0 Å². The smallest absolute Gasteiger partial charge is 0.340 e. The van der Waals surface area contributed by atoms with Gasteiger partial charge in [0.15, 0.2) is 0 Å². The van der Waals surface area contributed by atoms with Crippen LogP contribution in [0.4, 0.5) is 5.69 Å². The van der Waals surface area contributed by atoms with Crippen LogP contribution in [-0.2, 0) is 4.74 Å². The van der Waals surface area contributed by atoms with E-state index in [0.717, 1.165) is 18.4 Å². The van der Waals surface area contributed by atoms with Gasteiger partial charge in [-0.2, -0.15) is 0 Å². The Hall–Kier alpha value is -2.56. The number of unbranched alkanes of at least 4 members (excludes halogenated alkanes) is 1. The molecule has 1 heterocycles. The average Bonchev–Trinajstić information content (AvgIpc) is 2.87. The second kappa shape index (κ2) is 7.63. The molecule has 0 fully saturated rings. The van der Waals surface area contributed by atoms with Gasteiger partial charge in [0.2, 0.25) is 0 Å². The summed E-state index contributed by atoms with van der Waals surface area (Å²) in [5.41, 5.74) is 2.01. The maximum Gasteiger partial charge on any atom is 0.340 e. The number of ether oxygens (including phenoxy) is 1. The van der Waals surface area contributed by atoms with Crippen LogP contribution in [0.2, 0.25) is 0 Å². The fourth-order valence-electron chi connectivity index (χ4n) is 2.25. The Balaban J connectivity index is 2.17. The lowest BCUT2D eigenvalue weighted by molar-refractivity contribution is 0.0501. The summed E-state index contributed by atoms with van der Waals surface area (Å²) in [6.45, 7) is 5.93. The van der Waals surface area contributed by atoms with Crippen LogP contribution >= 0.6 is 0 Å². The Labute approximate surface area is 135 Å². The largest absolute Gasteiger partial charge is 0.469 e. The van der Waals surface area contributed by atoms with Gasteiger partial charge in [-0.1, -0.05) is 25.5 Å². The number of hydrogen-bond acceptors (Lipinski definition) is 4. The van der Waals surface area contributed by atoms with E-state index in [4.69, 9.17) is 9.15 Å². The first kappa shape index (κ1) is 16.8. The van der Waals surface area contributed by atoms with Gasteiger partial charge < -0.3 is 14.5 Å². The molecule has 0 aliphatic heterocycles. The number of aryl methyl sites for hydroxylation is 2. The van der Waals surface area contributed by atoms with Crippen LogP contribution in [0.3, 0.4) is 0 Å². The number of carbonyl (C=O) groups is 2. The molecular formula is C18H21NO4. The highest BCUT2D eigenvalue weighted by molar-refractivity contribution is 6.09. The maximum absolute atomic E-state index is 12.4. The summed E-state index contributed by atoms with van der Waals surface area (Å²) in [7, 11) is 0. The summed E-state index contributed by atoms with van der Waals surface area (Å²) >= 11 is 0. The standard InChI is InChI=1S/C18H21NO4/c1-4-5-10-22-18(21)14-8-6-7-9-15(14)19-17(20)16-12(2)11-23-13(16)3/h6-9,11H,4-5,10H2,1-3H3,(H,19,20). The SMILES string of the molecule is CCCCOC(=O)c1ccccc1NC(=O)c1c(C)coc1C. The van der Waals surface area contributed by atoms with Gasteiger partial charge >= 0.3 is 5.97 Å². The van der Waals surface area contributed by atoms with Crippen molar-refractivity contribution in [1.82, 2.24) is 0 Å². The first-order valence-electron chi connectivity index (χ1n) is 7.66. The van der Waals surface area contributed by atoms with Crippen LogP contribution in [0.1, 0.15) is 51.8 Å². The zero-order valence-corrected chi connectivity index (χ0v) is 13.6. The van der Waals surface area contributed by atoms with Crippen molar-refractivity contribution >= 4 is 17.6 Å². The molecule has 1 amide bonds. The number of esters is 1. The van der Waals surface area contributed by atoms with Gasteiger partial charge in [-0.05, 0) is 32.4 Å². The van der Waals surface area contributed by atoms with Gasteiger partial charge in [0.05, 0.1) is 29.7 Å². The van der Waals surface area contributed by atoms with E-state index in [1.807, 2.05) is 6.92 Å². The lowest BCUT2D eigenvalue weighted by atomic mass is 10.1. The van der Waals surface area contributed by atoms with Crippen molar-refractivity contribution in [3.63, 3.8) is 0 Å². The predicted octanol–water partition coefficient (Wildman–Crippen LogP) is 4.11. The minimum Gasteiger partial charge on any atom is -0.469 e. The molecule has 2 aromatic rings. The molecule has 0 aliphatic rings. The second-order valence-electron chi connectivity index (χ2n) is 5.34. The van der Waals surface area contributed by atoms with E-state index in [1.165, 1.54) is 6.26 Å². The number of para-hydroxylation sites is 1. The molecule has 0 spiro atoms. The van der Waals surface area contributed by atoms with Gasteiger partial charge in [0.1, 0.15) is 5.76 Å². The number of benzene rings is 1. The molecular weight excluding hydrogens is 294 g/mol. The summed E-state index contributed by atoms with van der Waals surface area (Å²) in [6.07, 6.45) is 3.30. The van der Waals surface area contributed by atoms with Crippen molar-refractivity contribution in [2.75, 3.05) is 11.9 Å². The molecule has 1 N–H and O–H groups in total. The topological polar surface area (TPSA) is 68.5 Å². The van der Waals surface area contributed by atoms with Crippen molar-refractivity contribution < 1.29 is 18.7 Å². The van der Waals surface area contributed by atoms with Crippen molar-refractivity contribution in [1.29, 1.82) is 0 Å². The summed E-state index contributed by atoms with van der Waals surface area (Å²) < 4.78 is 10.5. The van der Waals surface area contributed by atoms with Crippen LogP contribution in [0, 0.1) is 13.8 Å². The lowest BCUT2D eigenvalue weighted by Crippen LogP contribution is -2.17. The number of hydrogen-bond donors (Lipinski definition) is 1. The van der Waals surface area contributed by atoms with E-state index >= 15 is 0 Å². The van der Waals surface area contributed by atoms with Gasteiger partial charge in [-0.15, -0.1) is 0 Å². The van der Waals surface area contributed by atoms with Crippen LogP contribution in [0.25, 0.3) is 0 Å². The molecule has 23 heavy (non-hydrogen) atoms. The summed E-state index contributed by atoms with van der Waals surface area (Å²) in [5.74, 6) is -0.194. The number of rotatable bonds is 6. The first-order chi connectivity index (χ1) is 11.0. The minimum absolute atomic E-state index is 0.303. The molecule has 1 aromatic carbocycles. The first-order valence-corrected chi connectivity index (χ1v) is 7.66. The molecule has 0 unspecified atom stereocenters. The Bertz CT molecular complexity index is 683. The van der Waals surface area contributed by atoms with E-state index in [1.54, 1.807) is 38.1 Å². The molecule has 5 nitrogen and oxygen atoms in total. The highest BCUT2D eigenvalue weighted by Gasteiger charge is 2.19. The van der Waals surface area contributed by atoms with Crippen molar-refractivity contribution in [3.05, 3.63) is 53.0 Å². The molecule has 0 saturated carbocycles. The van der Waals surface area contributed by atoms with Gasteiger partial charge in [-0.25, -0.2) is 4.79 Å². The van der Waals surface area contributed by atoms with E-state index < -0.39 is 5.97 Å². The van der Waals surface area contributed by atoms with Crippen molar-refractivity contribution in [2.45, 2.75) is 33.6 Å². The van der Waals surface area contributed by atoms with Gasteiger partial charge in [0, 0.05) is 5.56 Å². The number of amides is 1. The van der Waals surface area contributed by atoms with Crippen LogP contribution in [-0.4, -0.2) is 18.5 Å². The Morgan fingerprint density at radius 1 is 1.22 bits per heavy atom. The van der Waals surface area contributed by atoms with E-state index in [-0.39, 0.29) is 5.91 Å². The zero-order chi connectivity index (χ0) is 16.8. The quantitative estimate of drug-likeness (QED) is 0.643. The number of carbonyl (C=O) groups excluding carboxylic acids is 2. The molecule has 2 rings (SSSR count). The second-order valence-corrected chi connectivity index (χ2v) is 5.34. The fourth-order valence-corrected chi connectivity index (χ4v) is 2.25. The van der Waals surface area contributed by atoms with Crippen LogP contribution < -0.4 is 5.32 Å². The monoisotopic (exact) mass is 315 g/mol. The summed E-state index contributed by atoms with van der Waals surface area (Å²) in [6, 6.07) is 6.81.